The molecular formula is C17H21N3O3S2. The molecule has 25 heavy (non-hydrogen) atoms. The summed E-state index contributed by atoms with van der Waals surface area (Å²) < 4.78 is 26.8. The summed E-state index contributed by atoms with van der Waals surface area (Å²) in [6.07, 6.45) is 2.42. The first kappa shape index (κ1) is 17.9. The zero-order chi connectivity index (χ0) is 17.9. The predicted octanol–water partition coefficient (Wildman–Crippen LogP) is 2.57. The van der Waals surface area contributed by atoms with Crippen molar-refractivity contribution in [2.24, 2.45) is 0 Å². The summed E-state index contributed by atoms with van der Waals surface area (Å²) in [6.45, 7) is 3.67. The van der Waals surface area contributed by atoms with Crippen molar-refractivity contribution in [1.82, 2.24) is 4.72 Å². The number of hydrogen-bond donors (Lipinski definition) is 2. The van der Waals surface area contributed by atoms with Gasteiger partial charge < -0.3 is 10.2 Å². The predicted molar refractivity (Wildman–Crippen MR) is 101 cm³/mol. The minimum atomic E-state index is -3.64. The second-order valence-corrected chi connectivity index (χ2v) is 9.26. The average molecular weight is 380 g/mol. The highest BCUT2D eigenvalue weighted by Crippen LogP contribution is 2.22. The fourth-order valence-electron chi connectivity index (χ4n) is 2.72. The number of hydrogen-bond acceptors (Lipinski definition) is 5. The van der Waals surface area contributed by atoms with E-state index in [4.69, 9.17) is 0 Å². The van der Waals surface area contributed by atoms with Gasteiger partial charge in [0.05, 0.1) is 6.54 Å². The molecule has 3 rings (SSSR count). The van der Waals surface area contributed by atoms with Crippen LogP contribution in [-0.4, -0.2) is 34.0 Å². The number of anilines is 2. The van der Waals surface area contributed by atoms with Gasteiger partial charge in [0.2, 0.25) is 5.91 Å². The van der Waals surface area contributed by atoms with Gasteiger partial charge in [0, 0.05) is 29.3 Å². The summed E-state index contributed by atoms with van der Waals surface area (Å²) in [4.78, 5) is 15.2. The normalized spacial score (nSPS) is 14.7. The van der Waals surface area contributed by atoms with Crippen LogP contribution in [-0.2, 0) is 14.8 Å². The maximum atomic E-state index is 12.1. The van der Waals surface area contributed by atoms with Gasteiger partial charge in [-0.2, -0.15) is 0 Å². The Morgan fingerprint density at radius 3 is 2.40 bits per heavy atom. The molecule has 0 saturated carbocycles. The Kier molecular flexibility index (Phi) is 5.41. The van der Waals surface area contributed by atoms with Crippen molar-refractivity contribution in [3.63, 3.8) is 0 Å². The van der Waals surface area contributed by atoms with E-state index in [1.807, 2.05) is 31.2 Å². The number of aryl methyl sites for hydroxylation is 1. The molecular weight excluding hydrogens is 358 g/mol. The fourth-order valence-corrected chi connectivity index (χ4v) is 5.03. The number of rotatable bonds is 6. The van der Waals surface area contributed by atoms with Gasteiger partial charge >= 0.3 is 0 Å². The summed E-state index contributed by atoms with van der Waals surface area (Å²) in [5.41, 5.74) is 1.79. The largest absolute Gasteiger partial charge is 0.372 e. The minimum absolute atomic E-state index is 0.216. The number of amides is 1. The molecule has 2 heterocycles. The van der Waals surface area contributed by atoms with Gasteiger partial charge in [0.15, 0.2) is 0 Å². The Balaban J connectivity index is 1.53. The van der Waals surface area contributed by atoms with Crippen molar-refractivity contribution >= 4 is 38.6 Å². The molecule has 0 spiro atoms. The van der Waals surface area contributed by atoms with Crippen LogP contribution in [0.5, 0.6) is 0 Å². The van der Waals surface area contributed by atoms with E-state index in [0.717, 1.165) is 23.7 Å². The van der Waals surface area contributed by atoms with Gasteiger partial charge in [-0.25, -0.2) is 13.1 Å². The smallest absolute Gasteiger partial charge is 0.250 e. The zero-order valence-corrected chi connectivity index (χ0v) is 15.6. The van der Waals surface area contributed by atoms with Crippen LogP contribution in [0.4, 0.5) is 11.4 Å². The minimum Gasteiger partial charge on any atom is -0.372 e. The molecule has 0 unspecified atom stereocenters. The van der Waals surface area contributed by atoms with Crippen molar-refractivity contribution in [1.29, 1.82) is 0 Å². The molecule has 1 aromatic heterocycles. The van der Waals surface area contributed by atoms with Crippen LogP contribution in [0.15, 0.2) is 40.6 Å². The Morgan fingerprint density at radius 2 is 1.80 bits per heavy atom. The number of benzene rings is 1. The van der Waals surface area contributed by atoms with Gasteiger partial charge in [-0.3, -0.25) is 4.79 Å². The quantitative estimate of drug-likeness (QED) is 0.809. The molecule has 6 nitrogen and oxygen atoms in total. The number of thiophene rings is 1. The molecule has 2 N–H and O–H groups in total. The lowest BCUT2D eigenvalue weighted by atomic mass is 10.2. The molecule has 0 radical (unpaired) electrons. The topological polar surface area (TPSA) is 78.5 Å². The van der Waals surface area contributed by atoms with Crippen molar-refractivity contribution < 1.29 is 13.2 Å². The SMILES string of the molecule is Cc1ccc(S(=O)(=O)NCC(=O)Nc2ccc(N3CCCC3)cc2)s1. The lowest BCUT2D eigenvalue weighted by Gasteiger charge is -2.17. The first-order valence-corrected chi connectivity index (χ1v) is 10.4. The number of nitrogens with one attached hydrogen (secondary N) is 2. The number of nitrogens with zero attached hydrogens (tertiary/aromatic N) is 1. The summed E-state index contributed by atoms with van der Waals surface area (Å²) in [7, 11) is -3.64. The van der Waals surface area contributed by atoms with Crippen LogP contribution in [0.1, 0.15) is 17.7 Å². The first-order valence-electron chi connectivity index (χ1n) is 8.15. The van der Waals surface area contributed by atoms with Crippen LogP contribution in [0.25, 0.3) is 0 Å². The summed E-state index contributed by atoms with van der Waals surface area (Å²) in [5.74, 6) is -0.397. The molecule has 134 valence electrons. The Morgan fingerprint density at radius 1 is 1.12 bits per heavy atom. The number of carbonyl (C=O) groups excluding carboxylic acids is 1. The van der Waals surface area contributed by atoms with E-state index in [-0.39, 0.29) is 10.8 Å². The second-order valence-electron chi connectivity index (χ2n) is 5.98. The average Bonchev–Trinajstić information content (AvgIpc) is 3.26. The van der Waals surface area contributed by atoms with E-state index >= 15 is 0 Å². The van der Waals surface area contributed by atoms with Crippen molar-refractivity contribution in [2.75, 3.05) is 29.9 Å². The molecule has 1 fully saturated rings. The van der Waals surface area contributed by atoms with Crippen molar-refractivity contribution in [3.05, 3.63) is 41.3 Å². The van der Waals surface area contributed by atoms with Crippen molar-refractivity contribution in [3.8, 4) is 0 Å². The summed E-state index contributed by atoms with van der Waals surface area (Å²) in [5, 5.41) is 2.71. The molecule has 1 saturated heterocycles. The summed E-state index contributed by atoms with van der Waals surface area (Å²) in [6, 6.07) is 10.9. The molecule has 0 aliphatic carbocycles. The Bertz CT molecular complexity index is 838. The van der Waals surface area contributed by atoms with Gasteiger partial charge in [-0.15, -0.1) is 11.3 Å². The highest BCUT2D eigenvalue weighted by molar-refractivity contribution is 7.91. The van der Waals surface area contributed by atoms with Gasteiger partial charge in [0.25, 0.3) is 10.0 Å². The van der Waals surface area contributed by atoms with Crippen LogP contribution in [0, 0.1) is 6.92 Å². The standard InChI is InChI=1S/C17H21N3O3S2/c1-13-4-9-17(24-13)25(22,23)18-12-16(21)19-14-5-7-15(8-6-14)20-10-2-3-11-20/h4-9,18H,2-3,10-12H2,1H3,(H,19,21). The molecule has 0 bridgehead atoms. The molecule has 1 amide bonds. The zero-order valence-electron chi connectivity index (χ0n) is 14.0. The third kappa shape index (κ3) is 4.59. The van der Waals surface area contributed by atoms with E-state index in [0.29, 0.717) is 5.69 Å². The van der Waals surface area contributed by atoms with E-state index in [2.05, 4.69) is 14.9 Å². The maximum Gasteiger partial charge on any atom is 0.250 e. The third-order valence-electron chi connectivity index (χ3n) is 4.03. The van der Waals surface area contributed by atoms with Crippen LogP contribution in [0.2, 0.25) is 0 Å². The third-order valence-corrected chi connectivity index (χ3v) is 6.92. The van der Waals surface area contributed by atoms with Crippen LogP contribution >= 0.6 is 11.3 Å². The fraction of sp³-hybridized carbons (Fsp3) is 0.353. The Labute approximate surface area is 151 Å². The van der Waals surface area contributed by atoms with Gasteiger partial charge in [0.1, 0.15) is 4.21 Å². The molecule has 1 aliphatic heterocycles. The molecule has 8 heteroatoms. The summed E-state index contributed by atoms with van der Waals surface area (Å²) >= 11 is 1.18. The van der Waals surface area contributed by atoms with E-state index in [1.165, 1.54) is 30.2 Å². The molecule has 2 aromatic rings. The maximum absolute atomic E-state index is 12.1. The van der Waals surface area contributed by atoms with Gasteiger partial charge in [-0.1, -0.05) is 0 Å². The van der Waals surface area contributed by atoms with E-state index in [9.17, 15) is 13.2 Å². The monoisotopic (exact) mass is 379 g/mol. The van der Waals surface area contributed by atoms with Crippen LogP contribution in [0.3, 0.4) is 0 Å². The van der Waals surface area contributed by atoms with Crippen molar-refractivity contribution in [2.45, 2.75) is 24.0 Å². The number of sulfonamides is 1. The lowest BCUT2D eigenvalue weighted by molar-refractivity contribution is -0.115. The first-order chi connectivity index (χ1) is 11.9. The highest BCUT2D eigenvalue weighted by Gasteiger charge is 2.17. The Hall–Kier alpha value is -1.90. The van der Waals surface area contributed by atoms with Crippen LogP contribution < -0.4 is 14.9 Å². The molecule has 1 aliphatic rings. The number of carbonyl (C=O) groups is 1. The molecule has 1 aromatic carbocycles. The van der Waals surface area contributed by atoms with Gasteiger partial charge in [-0.05, 0) is 56.2 Å². The highest BCUT2D eigenvalue weighted by atomic mass is 32.2. The second kappa shape index (κ2) is 7.55. The van der Waals surface area contributed by atoms with E-state index < -0.39 is 15.9 Å². The van der Waals surface area contributed by atoms with E-state index in [1.54, 1.807) is 6.07 Å². The molecule has 0 atom stereocenters. The lowest BCUT2D eigenvalue weighted by Crippen LogP contribution is -2.32.